The van der Waals surface area contributed by atoms with Crippen molar-refractivity contribution >= 4 is 16.7 Å². The molecule has 0 spiro atoms. The molecule has 0 atom stereocenters. The Bertz CT molecular complexity index is 1200. The van der Waals surface area contributed by atoms with Gasteiger partial charge in [-0.2, -0.15) is 4.98 Å². The summed E-state index contributed by atoms with van der Waals surface area (Å²) in [6, 6.07) is 13.6. The van der Waals surface area contributed by atoms with Crippen LogP contribution < -0.4 is 19.9 Å². The van der Waals surface area contributed by atoms with Gasteiger partial charge in [0.25, 0.3) is 0 Å². The van der Waals surface area contributed by atoms with Crippen LogP contribution in [0.5, 0.6) is 11.6 Å². The van der Waals surface area contributed by atoms with E-state index < -0.39 is 0 Å². The Balaban J connectivity index is 1.06. The van der Waals surface area contributed by atoms with Crippen LogP contribution >= 0.6 is 0 Å². The van der Waals surface area contributed by atoms with Crippen molar-refractivity contribution in [3.8, 4) is 11.6 Å². The number of benzene rings is 1. The molecule has 4 heterocycles. The van der Waals surface area contributed by atoms with Crippen LogP contribution in [0.4, 0.5) is 5.69 Å². The van der Waals surface area contributed by atoms with Crippen LogP contribution in [0.2, 0.25) is 0 Å². The number of aryl methyl sites for hydroxylation is 1. The third kappa shape index (κ3) is 5.20. The first-order valence-corrected chi connectivity index (χ1v) is 12.4. The van der Waals surface area contributed by atoms with Crippen LogP contribution in [0.3, 0.4) is 0 Å². The lowest BCUT2D eigenvalue weighted by Crippen LogP contribution is -2.47. The fourth-order valence-electron chi connectivity index (χ4n) is 4.82. The third-order valence-corrected chi connectivity index (χ3v) is 6.84. The Morgan fingerprint density at radius 1 is 1.06 bits per heavy atom. The molecule has 1 fully saturated rings. The molecule has 2 aromatic heterocycles. The van der Waals surface area contributed by atoms with Crippen molar-refractivity contribution in [3.63, 3.8) is 0 Å². The summed E-state index contributed by atoms with van der Waals surface area (Å²) >= 11 is 0. The van der Waals surface area contributed by atoms with Crippen LogP contribution in [0.15, 0.2) is 47.3 Å². The Morgan fingerprint density at radius 3 is 2.74 bits per heavy atom. The first kappa shape index (κ1) is 22.7. The van der Waals surface area contributed by atoms with Crippen molar-refractivity contribution in [2.75, 3.05) is 44.2 Å². The normalized spacial score (nSPS) is 17.9. The molecule has 0 bridgehead atoms. The summed E-state index contributed by atoms with van der Waals surface area (Å²) in [5, 5.41) is 0.900. The standard InChI is InChI=1S/C27H34N4O3/c1-27(2)13-12-20-6-5-7-22(25(20)34-27)31-17-15-30(16-18-31)14-3-4-19-33-24-11-9-21-8-10-23(32)28-26(21)29-24/h5-11H,3-4,12-19H2,1-2H3,(H,28,29,32). The summed E-state index contributed by atoms with van der Waals surface area (Å²) in [5.41, 5.74) is 2.92. The lowest BCUT2D eigenvalue weighted by molar-refractivity contribution is 0.0850. The molecule has 180 valence electrons. The number of H-pyrrole nitrogens is 1. The lowest BCUT2D eigenvalue weighted by atomic mass is 9.93. The number of hydrogen-bond acceptors (Lipinski definition) is 6. The van der Waals surface area contributed by atoms with Gasteiger partial charge in [0.15, 0.2) is 0 Å². The number of unbranched alkanes of at least 4 members (excludes halogenated alkanes) is 1. The van der Waals surface area contributed by atoms with E-state index in [1.165, 1.54) is 17.3 Å². The molecule has 1 aromatic carbocycles. The number of piperazine rings is 1. The predicted octanol–water partition coefficient (Wildman–Crippen LogP) is 4.01. The van der Waals surface area contributed by atoms with Crippen LogP contribution in [0, 0.1) is 0 Å². The van der Waals surface area contributed by atoms with Gasteiger partial charge in [-0.15, -0.1) is 0 Å². The van der Waals surface area contributed by atoms with Gasteiger partial charge in [0.05, 0.1) is 12.3 Å². The molecule has 0 saturated carbocycles. The highest BCUT2D eigenvalue weighted by molar-refractivity contribution is 5.74. The van der Waals surface area contributed by atoms with Crippen molar-refractivity contribution in [1.82, 2.24) is 14.9 Å². The molecule has 0 unspecified atom stereocenters. The third-order valence-electron chi connectivity index (χ3n) is 6.84. The summed E-state index contributed by atoms with van der Waals surface area (Å²) in [5.74, 6) is 1.65. The lowest BCUT2D eigenvalue weighted by Gasteiger charge is -2.40. The number of hydrogen-bond donors (Lipinski definition) is 1. The number of nitrogens with zero attached hydrogens (tertiary/aromatic N) is 3. The highest BCUT2D eigenvalue weighted by atomic mass is 16.5. The summed E-state index contributed by atoms with van der Waals surface area (Å²) in [7, 11) is 0. The molecule has 7 nitrogen and oxygen atoms in total. The zero-order chi connectivity index (χ0) is 23.5. The molecule has 3 aromatic rings. The molecular weight excluding hydrogens is 428 g/mol. The second kappa shape index (κ2) is 9.66. The Kier molecular flexibility index (Phi) is 6.46. The molecule has 0 amide bonds. The van der Waals surface area contributed by atoms with E-state index in [2.05, 4.69) is 51.8 Å². The van der Waals surface area contributed by atoms with E-state index in [-0.39, 0.29) is 11.2 Å². The molecule has 1 saturated heterocycles. The number of anilines is 1. The fraction of sp³-hybridized carbons (Fsp3) is 0.481. The van der Waals surface area contributed by atoms with Gasteiger partial charge in [0.1, 0.15) is 17.0 Å². The minimum atomic E-state index is -0.152. The predicted molar refractivity (Wildman–Crippen MR) is 135 cm³/mol. The van der Waals surface area contributed by atoms with Crippen molar-refractivity contribution in [3.05, 3.63) is 58.4 Å². The molecule has 7 heteroatoms. The van der Waals surface area contributed by atoms with Crippen molar-refractivity contribution in [1.29, 1.82) is 0 Å². The van der Waals surface area contributed by atoms with E-state index in [1.807, 2.05) is 12.1 Å². The summed E-state index contributed by atoms with van der Waals surface area (Å²) in [6.07, 6.45) is 4.21. The minimum Gasteiger partial charge on any atom is -0.485 e. The van der Waals surface area contributed by atoms with Gasteiger partial charge in [-0.05, 0) is 69.8 Å². The highest BCUT2D eigenvalue weighted by Crippen LogP contribution is 2.40. The summed E-state index contributed by atoms with van der Waals surface area (Å²) in [4.78, 5) is 23.6. The van der Waals surface area contributed by atoms with Gasteiger partial charge < -0.3 is 19.4 Å². The quantitative estimate of drug-likeness (QED) is 0.535. The second-order valence-corrected chi connectivity index (χ2v) is 9.92. The maximum Gasteiger partial charge on any atom is 0.249 e. The zero-order valence-electron chi connectivity index (χ0n) is 20.2. The van der Waals surface area contributed by atoms with E-state index in [4.69, 9.17) is 9.47 Å². The Morgan fingerprint density at radius 2 is 1.88 bits per heavy atom. The number of ether oxygens (including phenoxy) is 2. The maximum absolute atomic E-state index is 11.5. The number of pyridine rings is 2. The smallest absolute Gasteiger partial charge is 0.249 e. The Hall–Kier alpha value is -3.06. The first-order chi connectivity index (χ1) is 16.5. The highest BCUT2D eigenvalue weighted by Gasteiger charge is 2.30. The van der Waals surface area contributed by atoms with E-state index in [1.54, 1.807) is 6.07 Å². The number of nitrogens with one attached hydrogen (secondary N) is 1. The van der Waals surface area contributed by atoms with Crippen LogP contribution in [0.25, 0.3) is 11.0 Å². The number of aromatic nitrogens is 2. The number of fused-ring (bicyclic) bond motifs is 2. The first-order valence-electron chi connectivity index (χ1n) is 12.4. The van der Waals surface area contributed by atoms with Crippen LogP contribution in [0.1, 0.15) is 38.7 Å². The average molecular weight is 463 g/mol. The molecule has 5 rings (SSSR count). The monoisotopic (exact) mass is 462 g/mol. The van der Waals surface area contributed by atoms with Crippen molar-refractivity contribution < 1.29 is 9.47 Å². The van der Waals surface area contributed by atoms with Gasteiger partial charge in [0.2, 0.25) is 11.4 Å². The van der Waals surface area contributed by atoms with Gasteiger partial charge in [-0.25, -0.2) is 0 Å². The molecule has 2 aliphatic heterocycles. The SMILES string of the molecule is CC1(C)CCc2cccc(N3CCN(CCCCOc4ccc5ccc(=O)[nH]c5n4)CC3)c2O1. The van der Waals surface area contributed by atoms with Gasteiger partial charge in [-0.3, -0.25) is 9.69 Å². The van der Waals surface area contributed by atoms with E-state index >= 15 is 0 Å². The topological polar surface area (TPSA) is 70.7 Å². The molecule has 1 N–H and O–H groups in total. The number of aromatic amines is 1. The van der Waals surface area contributed by atoms with Gasteiger partial charge >= 0.3 is 0 Å². The Labute approximate surface area is 200 Å². The number of para-hydroxylation sites is 1. The average Bonchev–Trinajstić information content (AvgIpc) is 2.83. The molecule has 2 aliphatic rings. The molecule has 34 heavy (non-hydrogen) atoms. The van der Waals surface area contributed by atoms with E-state index in [0.717, 1.165) is 69.5 Å². The molecule has 0 radical (unpaired) electrons. The minimum absolute atomic E-state index is 0.0907. The molecule has 0 aliphatic carbocycles. The molecular formula is C27H34N4O3. The number of rotatable bonds is 7. The van der Waals surface area contributed by atoms with Gasteiger partial charge in [0, 0.05) is 43.7 Å². The van der Waals surface area contributed by atoms with Crippen LogP contribution in [-0.4, -0.2) is 59.8 Å². The van der Waals surface area contributed by atoms with Crippen molar-refractivity contribution in [2.45, 2.75) is 45.1 Å². The van der Waals surface area contributed by atoms with Crippen LogP contribution in [-0.2, 0) is 6.42 Å². The fourth-order valence-corrected chi connectivity index (χ4v) is 4.82. The van der Waals surface area contributed by atoms with E-state index in [0.29, 0.717) is 18.1 Å². The summed E-state index contributed by atoms with van der Waals surface area (Å²) in [6.45, 7) is 10.2. The second-order valence-electron chi connectivity index (χ2n) is 9.92. The van der Waals surface area contributed by atoms with Crippen molar-refractivity contribution in [2.24, 2.45) is 0 Å². The largest absolute Gasteiger partial charge is 0.485 e. The van der Waals surface area contributed by atoms with E-state index in [9.17, 15) is 4.79 Å². The zero-order valence-corrected chi connectivity index (χ0v) is 20.2. The maximum atomic E-state index is 11.5. The summed E-state index contributed by atoms with van der Waals surface area (Å²) < 4.78 is 12.2. The van der Waals surface area contributed by atoms with Gasteiger partial charge in [-0.1, -0.05) is 12.1 Å².